The van der Waals surface area contributed by atoms with E-state index in [0.717, 1.165) is 36.5 Å². The zero-order chi connectivity index (χ0) is 18.4. The Balaban J connectivity index is 1.35. The number of aryl methyl sites for hydroxylation is 1. The van der Waals surface area contributed by atoms with Crippen LogP contribution in [-0.2, 0) is 15.9 Å². The highest BCUT2D eigenvalue weighted by Gasteiger charge is 2.55. The predicted octanol–water partition coefficient (Wildman–Crippen LogP) is 5.46. The summed E-state index contributed by atoms with van der Waals surface area (Å²) >= 11 is 0. The molecule has 0 N–H and O–H groups in total. The van der Waals surface area contributed by atoms with Crippen LogP contribution in [0.4, 0.5) is 0 Å². The molecule has 0 aromatic heterocycles. The Morgan fingerprint density at radius 1 is 1.07 bits per heavy atom. The van der Waals surface area contributed by atoms with E-state index in [1.54, 1.807) is 12.7 Å². The van der Waals surface area contributed by atoms with Gasteiger partial charge in [0.05, 0.1) is 13.2 Å². The standard InChI is InChI=1S/C24H34O3/c1-24-13-12-19-18-9-7-17(25-2)15-16(18)6-8-20(19)21(24)10-11-22(24)27-23-5-3-4-14-26-23/h7,9,15,19-23H,3-6,8,10-14H2,1-2H3/t19-,20+,21+,22-,23?,24-/m0/s1. The zero-order valence-corrected chi connectivity index (χ0v) is 16.9. The number of rotatable bonds is 3. The van der Waals surface area contributed by atoms with Crippen LogP contribution in [0.3, 0.4) is 0 Å². The summed E-state index contributed by atoms with van der Waals surface area (Å²) < 4.78 is 17.9. The number of methoxy groups -OCH3 is 1. The highest BCUT2D eigenvalue weighted by Crippen LogP contribution is 2.61. The Kier molecular flexibility index (Phi) is 4.72. The van der Waals surface area contributed by atoms with Gasteiger partial charge in [-0.1, -0.05) is 13.0 Å². The van der Waals surface area contributed by atoms with Gasteiger partial charge in [-0.2, -0.15) is 0 Å². The van der Waals surface area contributed by atoms with Crippen LogP contribution in [-0.4, -0.2) is 26.1 Å². The lowest BCUT2D eigenvalue weighted by molar-refractivity contribution is -0.212. The molecule has 1 aromatic rings. The summed E-state index contributed by atoms with van der Waals surface area (Å²) in [5.74, 6) is 3.38. The van der Waals surface area contributed by atoms with E-state index in [1.165, 1.54) is 56.9 Å². The first-order chi connectivity index (χ1) is 13.2. The lowest BCUT2D eigenvalue weighted by atomic mass is 9.55. The van der Waals surface area contributed by atoms with Gasteiger partial charge in [0.15, 0.2) is 6.29 Å². The first-order valence-corrected chi connectivity index (χ1v) is 11.1. The van der Waals surface area contributed by atoms with Crippen molar-refractivity contribution in [3.8, 4) is 5.75 Å². The summed E-state index contributed by atoms with van der Waals surface area (Å²) in [7, 11) is 1.77. The minimum atomic E-state index is 0.0524. The van der Waals surface area contributed by atoms with E-state index in [1.807, 2.05) is 0 Å². The van der Waals surface area contributed by atoms with Gasteiger partial charge in [0, 0.05) is 6.61 Å². The largest absolute Gasteiger partial charge is 0.497 e. The molecule has 3 heteroatoms. The van der Waals surface area contributed by atoms with Gasteiger partial charge in [-0.25, -0.2) is 0 Å². The summed E-state index contributed by atoms with van der Waals surface area (Å²) in [4.78, 5) is 0. The van der Waals surface area contributed by atoms with Gasteiger partial charge in [-0.05, 0) is 104 Å². The predicted molar refractivity (Wildman–Crippen MR) is 106 cm³/mol. The SMILES string of the molecule is COc1ccc2c(c1)CC[C@H]1[C@H]3CC[C@H](OC4CCCCO4)[C@@]3(C)CC[C@@H]21. The lowest BCUT2D eigenvalue weighted by Gasteiger charge is -2.51. The van der Waals surface area contributed by atoms with Gasteiger partial charge < -0.3 is 14.2 Å². The summed E-state index contributed by atoms with van der Waals surface area (Å²) in [5, 5.41) is 0. The van der Waals surface area contributed by atoms with Crippen LogP contribution in [0.15, 0.2) is 18.2 Å². The molecular weight excluding hydrogens is 336 g/mol. The Hall–Kier alpha value is -1.06. The van der Waals surface area contributed by atoms with Gasteiger partial charge in [0.25, 0.3) is 0 Å². The fraction of sp³-hybridized carbons (Fsp3) is 0.750. The molecule has 6 atom stereocenters. The Morgan fingerprint density at radius 3 is 2.81 bits per heavy atom. The van der Waals surface area contributed by atoms with Crippen LogP contribution in [0.5, 0.6) is 5.75 Å². The smallest absolute Gasteiger partial charge is 0.157 e. The fourth-order valence-electron chi connectivity index (χ4n) is 6.86. The molecule has 0 spiro atoms. The maximum atomic E-state index is 6.57. The third-order valence-electron chi connectivity index (χ3n) is 8.30. The van der Waals surface area contributed by atoms with Crippen molar-refractivity contribution in [2.24, 2.45) is 17.3 Å². The highest BCUT2D eigenvalue weighted by molar-refractivity contribution is 5.40. The summed E-state index contributed by atoms with van der Waals surface area (Å²) in [5.41, 5.74) is 3.47. The van der Waals surface area contributed by atoms with Crippen molar-refractivity contribution in [2.75, 3.05) is 13.7 Å². The number of fused-ring (bicyclic) bond motifs is 5. The number of benzene rings is 1. The van der Waals surface area contributed by atoms with Crippen LogP contribution < -0.4 is 4.74 Å². The third-order valence-corrected chi connectivity index (χ3v) is 8.30. The molecule has 1 heterocycles. The van der Waals surface area contributed by atoms with Crippen molar-refractivity contribution in [1.82, 2.24) is 0 Å². The lowest BCUT2D eigenvalue weighted by Crippen LogP contribution is -2.46. The maximum Gasteiger partial charge on any atom is 0.157 e. The molecule has 4 aliphatic rings. The van der Waals surface area contributed by atoms with Gasteiger partial charge in [0.1, 0.15) is 5.75 Å². The minimum Gasteiger partial charge on any atom is -0.497 e. The number of hydrogen-bond acceptors (Lipinski definition) is 3. The van der Waals surface area contributed by atoms with Gasteiger partial charge >= 0.3 is 0 Å². The van der Waals surface area contributed by atoms with E-state index in [2.05, 4.69) is 25.1 Å². The molecule has 1 unspecified atom stereocenters. The first kappa shape index (κ1) is 18.0. The molecule has 2 saturated carbocycles. The molecule has 0 bridgehead atoms. The molecule has 3 fully saturated rings. The van der Waals surface area contributed by atoms with Crippen molar-refractivity contribution < 1.29 is 14.2 Å². The van der Waals surface area contributed by atoms with E-state index in [-0.39, 0.29) is 6.29 Å². The van der Waals surface area contributed by atoms with Crippen LogP contribution in [0, 0.1) is 17.3 Å². The van der Waals surface area contributed by atoms with Gasteiger partial charge in [-0.3, -0.25) is 0 Å². The summed E-state index contributed by atoms with van der Waals surface area (Å²) in [6.45, 7) is 3.40. The molecule has 27 heavy (non-hydrogen) atoms. The molecule has 0 amide bonds. The molecule has 5 rings (SSSR count). The molecule has 1 aromatic carbocycles. The quantitative estimate of drug-likeness (QED) is 0.707. The normalized spacial score (nSPS) is 40.7. The topological polar surface area (TPSA) is 27.7 Å². The second kappa shape index (κ2) is 7.08. The molecule has 1 aliphatic heterocycles. The summed E-state index contributed by atoms with van der Waals surface area (Å²) in [6, 6.07) is 6.79. The number of hydrogen-bond donors (Lipinski definition) is 0. The van der Waals surface area contributed by atoms with Crippen LogP contribution >= 0.6 is 0 Å². The second-order valence-corrected chi connectivity index (χ2v) is 9.52. The molecule has 3 nitrogen and oxygen atoms in total. The van der Waals surface area contributed by atoms with E-state index in [4.69, 9.17) is 14.2 Å². The average molecular weight is 371 g/mol. The van der Waals surface area contributed by atoms with E-state index in [9.17, 15) is 0 Å². The molecule has 148 valence electrons. The Bertz CT molecular complexity index is 680. The second-order valence-electron chi connectivity index (χ2n) is 9.52. The van der Waals surface area contributed by atoms with Crippen molar-refractivity contribution >= 4 is 0 Å². The van der Waals surface area contributed by atoms with Crippen LogP contribution in [0.25, 0.3) is 0 Å². The average Bonchev–Trinajstić information content (AvgIpc) is 3.04. The Labute approximate surface area is 163 Å². The van der Waals surface area contributed by atoms with Crippen molar-refractivity contribution in [3.05, 3.63) is 29.3 Å². The summed E-state index contributed by atoms with van der Waals surface area (Å²) in [6.07, 6.45) is 11.7. The fourth-order valence-corrected chi connectivity index (χ4v) is 6.86. The van der Waals surface area contributed by atoms with Crippen molar-refractivity contribution in [1.29, 1.82) is 0 Å². The van der Waals surface area contributed by atoms with Crippen LogP contribution in [0.2, 0.25) is 0 Å². The van der Waals surface area contributed by atoms with E-state index < -0.39 is 0 Å². The van der Waals surface area contributed by atoms with E-state index >= 15 is 0 Å². The molecule has 0 radical (unpaired) electrons. The zero-order valence-electron chi connectivity index (χ0n) is 16.9. The molecule has 1 saturated heterocycles. The molecular formula is C24H34O3. The van der Waals surface area contributed by atoms with Crippen molar-refractivity contribution in [3.63, 3.8) is 0 Å². The maximum absolute atomic E-state index is 6.57. The van der Waals surface area contributed by atoms with Crippen LogP contribution in [0.1, 0.15) is 75.3 Å². The van der Waals surface area contributed by atoms with Gasteiger partial charge in [-0.15, -0.1) is 0 Å². The first-order valence-electron chi connectivity index (χ1n) is 11.1. The third kappa shape index (κ3) is 3.02. The highest BCUT2D eigenvalue weighted by atomic mass is 16.7. The van der Waals surface area contributed by atoms with Crippen molar-refractivity contribution in [2.45, 2.75) is 83.0 Å². The number of ether oxygens (including phenoxy) is 3. The molecule has 3 aliphatic carbocycles. The minimum absolute atomic E-state index is 0.0524. The monoisotopic (exact) mass is 370 g/mol. The Morgan fingerprint density at radius 2 is 2.00 bits per heavy atom. The van der Waals surface area contributed by atoms with Gasteiger partial charge in [0.2, 0.25) is 0 Å². The van der Waals surface area contributed by atoms with E-state index in [0.29, 0.717) is 11.5 Å².